The van der Waals surface area contributed by atoms with Crippen molar-refractivity contribution in [1.29, 1.82) is 0 Å². The number of rotatable bonds is 4. The highest BCUT2D eigenvalue weighted by Gasteiger charge is 2.12. The average molecular weight is 334 g/mol. The number of amides is 1. The Morgan fingerprint density at radius 2 is 1.88 bits per heavy atom. The van der Waals surface area contributed by atoms with Crippen molar-refractivity contribution in [3.8, 4) is 11.3 Å². The average Bonchev–Trinajstić information content (AvgIpc) is 2.60. The third kappa shape index (κ3) is 3.98. The molecule has 3 aromatic rings. The molecule has 0 spiro atoms. The van der Waals surface area contributed by atoms with E-state index in [4.69, 9.17) is 0 Å². The van der Waals surface area contributed by atoms with Gasteiger partial charge in [-0.05, 0) is 43.2 Å². The quantitative estimate of drug-likeness (QED) is 0.767. The Labute approximate surface area is 145 Å². The number of nitrogens with zero attached hydrogens (tertiary/aromatic N) is 2. The normalized spacial score (nSPS) is 10.5. The summed E-state index contributed by atoms with van der Waals surface area (Å²) in [5.41, 5.74) is 4.00. The van der Waals surface area contributed by atoms with E-state index in [1.165, 1.54) is 0 Å². The second-order valence-corrected chi connectivity index (χ2v) is 5.84. The van der Waals surface area contributed by atoms with Crippen molar-refractivity contribution in [3.05, 3.63) is 81.7 Å². The Hall–Kier alpha value is -3.28. The number of nitrogens with one attached hydrogen (secondary N) is 2. The highest BCUT2D eigenvalue weighted by molar-refractivity contribution is 5.93. The van der Waals surface area contributed by atoms with Gasteiger partial charge in [-0.1, -0.05) is 23.8 Å². The minimum Gasteiger partial charge on any atom is -0.347 e. The van der Waals surface area contributed by atoms with E-state index in [0.717, 1.165) is 22.3 Å². The number of H-pyrrole nitrogens is 1. The molecule has 1 aromatic carbocycles. The summed E-state index contributed by atoms with van der Waals surface area (Å²) in [6.45, 7) is 4.30. The van der Waals surface area contributed by atoms with Crippen LogP contribution in [0.2, 0.25) is 0 Å². The van der Waals surface area contributed by atoms with E-state index in [2.05, 4.69) is 20.3 Å². The second kappa shape index (κ2) is 7.09. The van der Waals surface area contributed by atoms with Gasteiger partial charge in [0, 0.05) is 24.5 Å². The summed E-state index contributed by atoms with van der Waals surface area (Å²) in [5, 5.41) is 2.78. The van der Waals surface area contributed by atoms with Crippen LogP contribution in [0, 0.1) is 13.8 Å². The van der Waals surface area contributed by atoms with Crippen molar-refractivity contribution in [2.75, 3.05) is 0 Å². The van der Waals surface area contributed by atoms with Gasteiger partial charge in [-0.25, -0.2) is 4.79 Å². The number of carbonyl (C=O) groups is 1. The Bertz CT molecular complexity index is 965. The zero-order valence-electron chi connectivity index (χ0n) is 14.0. The SMILES string of the molecule is Cc1ccc(-c2cc(C(=O)NCc3ccncc3)[nH]c(=O)n2)c(C)c1. The van der Waals surface area contributed by atoms with Crippen LogP contribution in [0.3, 0.4) is 0 Å². The molecule has 25 heavy (non-hydrogen) atoms. The fraction of sp³-hybridized carbons (Fsp3) is 0.158. The van der Waals surface area contributed by atoms with Crippen molar-refractivity contribution >= 4 is 5.91 Å². The standard InChI is InChI=1S/C19H18N4O2/c1-12-3-4-15(13(2)9-12)16-10-17(23-19(25)22-16)18(24)21-11-14-5-7-20-8-6-14/h3-10H,11H2,1-2H3,(H,21,24)(H,22,23,25). The fourth-order valence-corrected chi connectivity index (χ4v) is 2.60. The summed E-state index contributed by atoms with van der Waals surface area (Å²) in [6, 6.07) is 11.1. The molecule has 0 saturated carbocycles. The third-order valence-corrected chi connectivity index (χ3v) is 3.85. The van der Waals surface area contributed by atoms with Crippen LogP contribution in [0.5, 0.6) is 0 Å². The Morgan fingerprint density at radius 3 is 2.60 bits per heavy atom. The summed E-state index contributed by atoms with van der Waals surface area (Å²) < 4.78 is 0. The number of pyridine rings is 1. The van der Waals surface area contributed by atoms with E-state index >= 15 is 0 Å². The number of aromatic nitrogens is 3. The van der Waals surface area contributed by atoms with Crippen molar-refractivity contribution < 1.29 is 4.79 Å². The van der Waals surface area contributed by atoms with Gasteiger partial charge in [-0.3, -0.25) is 9.78 Å². The van der Waals surface area contributed by atoms with E-state index in [-0.39, 0.29) is 11.6 Å². The number of carbonyl (C=O) groups excluding carboxylic acids is 1. The van der Waals surface area contributed by atoms with Crippen LogP contribution in [0.25, 0.3) is 11.3 Å². The molecule has 0 fully saturated rings. The molecule has 0 aliphatic heterocycles. The molecule has 1 amide bonds. The molecule has 0 aliphatic rings. The van der Waals surface area contributed by atoms with Gasteiger partial charge in [0.25, 0.3) is 5.91 Å². The van der Waals surface area contributed by atoms with Crippen molar-refractivity contribution in [2.24, 2.45) is 0 Å². The molecule has 3 rings (SSSR count). The lowest BCUT2D eigenvalue weighted by Gasteiger charge is -2.09. The van der Waals surface area contributed by atoms with E-state index in [1.807, 2.05) is 44.2 Å². The highest BCUT2D eigenvalue weighted by Crippen LogP contribution is 2.21. The Kier molecular flexibility index (Phi) is 4.70. The molecule has 6 nitrogen and oxygen atoms in total. The first-order valence-corrected chi connectivity index (χ1v) is 7.89. The van der Waals surface area contributed by atoms with Gasteiger partial charge < -0.3 is 10.3 Å². The molecule has 2 N–H and O–H groups in total. The summed E-state index contributed by atoms with van der Waals surface area (Å²) >= 11 is 0. The fourth-order valence-electron chi connectivity index (χ4n) is 2.60. The first-order chi connectivity index (χ1) is 12.0. The summed E-state index contributed by atoms with van der Waals surface area (Å²) in [7, 11) is 0. The first kappa shape index (κ1) is 16.6. The van der Waals surface area contributed by atoms with E-state index in [0.29, 0.717) is 12.2 Å². The van der Waals surface area contributed by atoms with Crippen LogP contribution in [-0.4, -0.2) is 20.9 Å². The maximum Gasteiger partial charge on any atom is 0.346 e. The van der Waals surface area contributed by atoms with Crippen molar-refractivity contribution in [3.63, 3.8) is 0 Å². The molecule has 0 unspecified atom stereocenters. The summed E-state index contributed by atoms with van der Waals surface area (Å²) in [6.07, 6.45) is 3.32. The monoisotopic (exact) mass is 334 g/mol. The van der Waals surface area contributed by atoms with E-state index in [9.17, 15) is 9.59 Å². The van der Waals surface area contributed by atoms with Crippen LogP contribution in [0.4, 0.5) is 0 Å². The molecule has 2 aromatic heterocycles. The lowest BCUT2D eigenvalue weighted by Crippen LogP contribution is -2.27. The zero-order chi connectivity index (χ0) is 17.8. The van der Waals surface area contributed by atoms with Crippen molar-refractivity contribution in [2.45, 2.75) is 20.4 Å². The molecule has 126 valence electrons. The van der Waals surface area contributed by atoms with E-state index < -0.39 is 5.69 Å². The van der Waals surface area contributed by atoms with Gasteiger partial charge in [-0.2, -0.15) is 4.98 Å². The maximum absolute atomic E-state index is 12.4. The van der Waals surface area contributed by atoms with Gasteiger partial charge in [0.05, 0.1) is 5.69 Å². The largest absolute Gasteiger partial charge is 0.347 e. The molecule has 0 radical (unpaired) electrons. The highest BCUT2D eigenvalue weighted by atomic mass is 16.2. The van der Waals surface area contributed by atoms with E-state index in [1.54, 1.807) is 18.5 Å². The number of hydrogen-bond acceptors (Lipinski definition) is 4. The van der Waals surface area contributed by atoms with Gasteiger partial charge in [0.1, 0.15) is 5.69 Å². The van der Waals surface area contributed by atoms with Crippen LogP contribution in [-0.2, 0) is 6.54 Å². The molecule has 2 heterocycles. The number of aromatic amines is 1. The second-order valence-electron chi connectivity index (χ2n) is 5.84. The van der Waals surface area contributed by atoms with Gasteiger partial charge in [-0.15, -0.1) is 0 Å². The predicted octanol–water partition coefficient (Wildman–Crippen LogP) is 2.38. The van der Waals surface area contributed by atoms with Crippen LogP contribution in [0.1, 0.15) is 27.2 Å². The summed E-state index contributed by atoms with van der Waals surface area (Å²) in [4.78, 5) is 34.7. The third-order valence-electron chi connectivity index (χ3n) is 3.85. The van der Waals surface area contributed by atoms with Crippen LogP contribution in [0.15, 0.2) is 53.6 Å². The Morgan fingerprint density at radius 1 is 1.12 bits per heavy atom. The van der Waals surface area contributed by atoms with Crippen LogP contribution >= 0.6 is 0 Å². The van der Waals surface area contributed by atoms with Gasteiger partial charge in [0.15, 0.2) is 0 Å². The zero-order valence-corrected chi connectivity index (χ0v) is 14.0. The number of aryl methyl sites for hydroxylation is 2. The molecule has 0 atom stereocenters. The minimum atomic E-state index is -0.550. The van der Waals surface area contributed by atoms with Crippen LogP contribution < -0.4 is 11.0 Å². The number of benzene rings is 1. The molecule has 0 bridgehead atoms. The van der Waals surface area contributed by atoms with Crippen molar-refractivity contribution in [1.82, 2.24) is 20.3 Å². The van der Waals surface area contributed by atoms with Gasteiger partial charge in [0.2, 0.25) is 0 Å². The lowest BCUT2D eigenvalue weighted by atomic mass is 10.0. The molecule has 0 saturated heterocycles. The Balaban J connectivity index is 1.86. The van der Waals surface area contributed by atoms with Gasteiger partial charge >= 0.3 is 5.69 Å². The topological polar surface area (TPSA) is 87.7 Å². The number of hydrogen-bond donors (Lipinski definition) is 2. The first-order valence-electron chi connectivity index (χ1n) is 7.89. The summed E-state index contributed by atoms with van der Waals surface area (Å²) in [5.74, 6) is -0.359. The lowest BCUT2D eigenvalue weighted by molar-refractivity contribution is 0.0945. The smallest absolute Gasteiger partial charge is 0.346 e. The molecular weight excluding hydrogens is 316 g/mol. The maximum atomic E-state index is 12.4. The molecule has 6 heteroatoms. The minimum absolute atomic E-state index is 0.184. The predicted molar refractivity (Wildman–Crippen MR) is 95.2 cm³/mol. The molecule has 0 aliphatic carbocycles. The molecular formula is C19H18N4O2.